The lowest BCUT2D eigenvalue weighted by atomic mass is 10.1. The molecule has 0 aromatic heterocycles. The van der Waals surface area contributed by atoms with Crippen molar-refractivity contribution in [3.63, 3.8) is 0 Å². The molecule has 0 aliphatic carbocycles. The van der Waals surface area contributed by atoms with Crippen molar-refractivity contribution in [2.45, 2.75) is 13.5 Å². The number of ether oxygens (including phenoxy) is 2. The normalized spacial score (nSPS) is 11.2. The predicted molar refractivity (Wildman–Crippen MR) is 66.2 cm³/mol. The lowest BCUT2D eigenvalue weighted by Gasteiger charge is -2.11. The molecule has 1 aromatic carbocycles. The van der Waals surface area contributed by atoms with Crippen LogP contribution in [-0.2, 0) is 11.3 Å². The molecule has 0 aliphatic heterocycles. The largest absolute Gasteiger partial charge is 0.497 e. The first-order valence-electron chi connectivity index (χ1n) is 5.50. The maximum Gasteiger partial charge on any atom is 0.237 e. The third kappa shape index (κ3) is 3.39. The van der Waals surface area contributed by atoms with Crippen LogP contribution in [0, 0.1) is 17.2 Å². The SMILES string of the molecule is COc1ccc(CNC(=O)C(C)C#N)c(OC)c1. The standard InChI is InChI=1S/C13H16N2O3/c1-9(7-14)13(16)15-8-10-4-5-11(17-2)6-12(10)18-3/h4-6,9H,8H2,1-3H3,(H,15,16). The molecular formula is C13H16N2O3. The number of hydrogen-bond donors (Lipinski definition) is 1. The summed E-state index contributed by atoms with van der Waals surface area (Å²) in [7, 11) is 3.13. The van der Waals surface area contributed by atoms with Crippen LogP contribution in [0.2, 0.25) is 0 Å². The topological polar surface area (TPSA) is 71.3 Å². The van der Waals surface area contributed by atoms with E-state index in [-0.39, 0.29) is 5.91 Å². The van der Waals surface area contributed by atoms with Crippen molar-refractivity contribution in [3.8, 4) is 17.6 Å². The van der Waals surface area contributed by atoms with Gasteiger partial charge in [0.2, 0.25) is 5.91 Å². The molecule has 0 spiro atoms. The van der Waals surface area contributed by atoms with Crippen LogP contribution in [0.15, 0.2) is 18.2 Å². The van der Waals surface area contributed by atoms with Crippen LogP contribution in [0.25, 0.3) is 0 Å². The van der Waals surface area contributed by atoms with Gasteiger partial charge in [-0.15, -0.1) is 0 Å². The number of nitrogens with zero attached hydrogens (tertiary/aromatic N) is 1. The van der Waals surface area contributed by atoms with Gasteiger partial charge in [0.05, 0.1) is 20.3 Å². The molecule has 0 bridgehead atoms. The number of nitrogens with one attached hydrogen (secondary N) is 1. The van der Waals surface area contributed by atoms with E-state index in [1.54, 1.807) is 33.3 Å². The van der Waals surface area contributed by atoms with Crippen molar-refractivity contribution in [1.29, 1.82) is 5.26 Å². The first-order valence-corrected chi connectivity index (χ1v) is 5.50. The highest BCUT2D eigenvalue weighted by Crippen LogP contribution is 2.24. The summed E-state index contributed by atoms with van der Waals surface area (Å²) in [6.45, 7) is 1.87. The quantitative estimate of drug-likeness (QED) is 0.856. The number of amides is 1. The van der Waals surface area contributed by atoms with Crippen molar-refractivity contribution in [3.05, 3.63) is 23.8 Å². The highest BCUT2D eigenvalue weighted by Gasteiger charge is 2.12. The van der Waals surface area contributed by atoms with Gasteiger partial charge in [-0.1, -0.05) is 0 Å². The van der Waals surface area contributed by atoms with Crippen molar-refractivity contribution < 1.29 is 14.3 Å². The Hall–Kier alpha value is -2.22. The number of methoxy groups -OCH3 is 2. The highest BCUT2D eigenvalue weighted by atomic mass is 16.5. The number of nitriles is 1. The summed E-state index contributed by atoms with van der Waals surface area (Å²) in [5, 5.41) is 11.3. The lowest BCUT2D eigenvalue weighted by molar-refractivity contribution is -0.123. The number of hydrogen-bond acceptors (Lipinski definition) is 4. The van der Waals surface area contributed by atoms with Crippen molar-refractivity contribution in [2.75, 3.05) is 14.2 Å². The Balaban J connectivity index is 2.73. The fraction of sp³-hybridized carbons (Fsp3) is 0.385. The smallest absolute Gasteiger partial charge is 0.237 e. The van der Waals surface area contributed by atoms with Gasteiger partial charge >= 0.3 is 0 Å². The van der Waals surface area contributed by atoms with Gasteiger partial charge in [0.15, 0.2) is 0 Å². The van der Waals surface area contributed by atoms with E-state index in [4.69, 9.17) is 14.7 Å². The minimum Gasteiger partial charge on any atom is -0.497 e. The Morgan fingerprint density at radius 1 is 1.44 bits per heavy atom. The predicted octanol–water partition coefficient (Wildman–Crippen LogP) is 1.48. The lowest BCUT2D eigenvalue weighted by Crippen LogP contribution is -2.28. The second kappa shape index (κ2) is 6.50. The maximum atomic E-state index is 11.5. The number of carbonyl (C=O) groups is 1. The molecule has 1 aromatic rings. The zero-order chi connectivity index (χ0) is 13.5. The van der Waals surface area contributed by atoms with Gasteiger partial charge < -0.3 is 14.8 Å². The average molecular weight is 248 g/mol. The molecule has 18 heavy (non-hydrogen) atoms. The second-order valence-corrected chi connectivity index (χ2v) is 3.75. The Bertz CT molecular complexity index is 466. The van der Waals surface area contributed by atoms with E-state index < -0.39 is 5.92 Å². The Labute approximate surface area is 106 Å². The molecule has 1 unspecified atom stereocenters. The van der Waals surface area contributed by atoms with Crippen LogP contribution in [0.4, 0.5) is 0 Å². The molecule has 0 saturated heterocycles. The molecule has 0 aliphatic rings. The van der Waals surface area contributed by atoms with Crippen LogP contribution >= 0.6 is 0 Å². The molecule has 1 atom stereocenters. The van der Waals surface area contributed by atoms with E-state index in [0.29, 0.717) is 18.0 Å². The molecular weight excluding hydrogens is 232 g/mol. The molecule has 0 radical (unpaired) electrons. The van der Waals surface area contributed by atoms with Gasteiger partial charge in [-0.25, -0.2) is 0 Å². The van der Waals surface area contributed by atoms with E-state index >= 15 is 0 Å². The first kappa shape index (κ1) is 13.8. The first-order chi connectivity index (χ1) is 8.62. The van der Waals surface area contributed by atoms with E-state index in [9.17, 15) is 4.79 Å². The van der Waals surface area contributed by atoms with Gasteiger partial charge in [-0.05, 0) is 19.1 Å². The minimum atomic E-state index is -0.658. The van der Waals surface area contributed by atoms with Gasteiger partial charge in [0.1, 0.15) is 17.4 Å². The summed E-state index contributed by atoms with van der Waals surface area (Å²) >= 11 is 0. The molecule has 1 rings (SSSR count). The highest BCUT2D eigenvalue weighted by molar-refractivity contribution is 5.80. The molecule has 1 amide bonds. The second-order valence-electron chi connectivity index (χ2n) is 3.75. The summed E-state index contributed by atoms with van der Waals surface area (Å²) in [5.74, 6) is 0.371. The number of carbonyl (C=O) groups excluding carboxylic acids is 1. The molecule has 96 valence electrons. The van der Waals surface area contributed by atoms with Gasteiger partial charge in [0, 0.05) is 18.2 Å². The minimum absolute atomic E-state index is 0.296. The van der Waals surface area contributed by atoms with Gasteiger partial charge in [0.25, 0.3) is 0 Å². The van der Waals surface area contributed by atoms with E-state index in [1.807, 2.05) is 12.1 Å². The summed E-state index contributed by atoms with van der Waals surface area (Å²) in [6, 6.07) is 7.23. The van der Waals surface area contributed by atoms with Crippen LogP contribution in [-0.4, -0.2) is 20.1 Å². The van der Waals surface area contributed by atoms with Crippen molar-refractivity contribution in [1.82, 2.24) is 5.32 Å². The number of benzene rings is 1. The summed E-state index contributed by atoms with van der Waals surface area (Å²) in [5.41, 5.74) is 0.830. The Morgan fingerprint density at radius 3 is 2.72 bits per heavy atom. The molecule has 0 heterocycles. The number of rotatable bonds is 5. The molecule has 5 nitrogen and oxygen atoms in total. The van der Waals surface area contributed by atoms with Gasteiger partial charge in [-0.2, -0.15) is 5.26 Å². The molecule has 0 fully saturated rings. The van der Waals surface area contributed by atoms with Crippen LogP contribution in [0.5, 0.6) is 11.5 Å². The van der Waals surface area contributed by atoms with Crippen LogP contribution in [0.3, 0.4) is 0 Å². The summed E-state index contributed by atoms with van der Waals surface area (Å²) in [6.07, 6.45) is 0. The van der Waals surface area contributed by atoms with E-state index in [1.165, 1.54) is 0 Å². The summed E-state index contributed by atoms with van der Waals surface area (Å²) < 4.78 is 10.3. The van der Waals surface area contributed by atoms with E-state index in [2.05, 4.69) is 5.32 Å². The zero-order valence-corrected chi connectivity index (χ0v) is 10.7. The fourth-order valence-corrected chi connectivity index (χ4v) is 1.39. The zero-order valence-electron chi connectivity index (χ0n) is 10.7. The van der Waals surface area contributed by atoms with Crippen molar-refractivity contribution in [2.24, 2.45) is 5.92 Å². The third-order valence-corrected chi connectivity index (χ3v) is 2.53. The van der Waals surface area contributed by atoms with Crippen molar-refractivity contribution >= 4 is 5.91 Å². The summed E-state index contributed by atoms with van der Waals surface area (Å²) in [4.78, 5) is 11.5. The van der Waals surface area contributed by atoms with Gasteiger partial charge in [-0.3, -0.25) is 4.79 Å². The third-order valence-electron chi connectivity index (χ3n) is 2.53. The Kier molecular flexibility index (Phi) is 5.00. The Morgan fingerprint density at radius 2 is 2.17 bits per heavy atom. The average Bonchev–Trinajstić information content (AvgIpc) is 2.43. The molecule has 5 heteroatoms. The molecule has 0 saturated carbocycles. The monoisotopic (exact) mass is 248 g/mol. The van der Waals surface area contributed by atoms with Crippen LogP contribution < -0.4 is 14.8 Å². The maximum absolute atomic E-state index is 11.5. The fourth-order valence-electron chi connectivity index (χ4n) is 1.39. The van der Waals surface area contributed by atoms with Crippen LogP contribution in [0.1, 0.15) is 12.5 Å². The molecule has 1 N–H and O–H groups in total. The van der Waals surface area contributed by atoms with E-state index in [0.717, 1.165) is 5.56 Å².